The summed E-state index contributed by atoms with van der Waals surface area (Å²) in [6, 6.07) is 7.48. The first kappa shape index (κ1) is 12.1. The van der Waals surface area contributed by atoms with Gasteiger partial charge < -0.3 is 0 Å². The fraction of sp³-hybridized carbons (Fsp3) is 0.417. The molecule has 17 heavy (non-hydrogen) atoms. The van der Waals surface area contributed by atoms with Gasteiger partial charge in [0.1, 0.15) is 0 Å². The van der Waals surface area contributed by atoms with Crippen LogP contribution in [0.4, 0.5) is 5.69 Å². The Labute approximate surface area is 102 Å². The maximum Gasteiger partial charge on any atom is 0.235 e. The van der Waals surface area contributed by atoms with Crippen LogP contribution in [-0.2, 0) is 16.6 Å². The summed E-state index contributed by atoms with van der Waals surface area (Å²) >= 11 is 0. The van der Waals surface area contributed by atoms with Crippen LogP contribution in [0.25, 0.3) is 0 Å². The van der Waals surface area contributed by atoms with E-state index in [9.17, 15) is 8.42 Å². The van der Waals surface area contributed by atoms with Crippen LogP contribution in [0.15, 0.2) is 29.3 Å². The number of aliphatic imine (C=N–C) groups is 1. The molecule has 0 aromatic heterocycles. The molecule has 4 nitrogen and oxygen atoms in total. The van der Waals surface area contributed by atoms with Gasteiger partial charge in [-0.1, -0.05) is 18.2 Å². The fourth-order valence-corrected chi connectivity index (χ4v) is 3.74. The van der Waals surface area contributed by atoms with Gasteiger partial charge in [-0.05, 0) is 31.2 Å². The average Bonchev–Trinajstić information content (AvgIpc) is 2.30. The predicted octanol–water partition coefficient (Wildman–Crippen LogP) is 1.82. The third-order valence-electron chi connectivity index (χ3n) is 2.89. The second kappa shape index (κ2) is 4.87. The van der Waals surface area contributed by atoms with Crippen molar-refractivity contribution < 1.29 is 8.42 Å². The second-order valence-electron chi connectivity index (χ2n) is 4.11. The maximum absolute atomic E-state index is 12.0. The van der Waals surface area contributed by atoms with Gasteiger partial charge >= 0.3 is 0 Å². The van der Waals surface area contributed by atoms with E-state index in [2.05, 4.69) is 11.7 Å². The Kier molecular flexibility index (Phi) is 3.47. The van der Waals surface area contributed by atoms with E-state index >= 15 is 0 Å². The van der Waals surface area contributed by atoms with Crippen molar-refractivity contribution in [2.45, 2.75) is 19.4 Å². The van der Waals surface area contributed by atoms with Gasteiger partial charge in [0.15, 0.2) is 0 Å². The lowest BCUT2D eigenvalue weighted by Crippen LogP contribution is -2.38. The number of rotatable bonds is 3. The van der Waals surface area contributed by atoms with Crippen LogP contribution in [0.5, 0.6) is 0 Å². The summed E-state index contributed by atoms with van der Waals surface area (Å²) < 4.78 is 25.5. The normalized spacial score (nSPS) is 18.9. The van der Waals surface area contributed by atoms with Crippen molar-refractivity contribution in [3.8, 4) is 0 Å². The zero-order chi connectivity index (χ0) is 12.3. The van der Waals surface area contributed by atoms with Crippen LogP contribution < -0.4 is 4.31 Å². The summed E-state index contributed by atoms with van der Waals surface area (Å²) in [5, 5.41) is 0. The molecule has 0 N–H and O–H groups in total. The second-order valence-corrected chi connectivity index (χ2v) is 6.12. The minimum absolute atomic E-state index is 0.239. The molecule has 1 aliphatic heterocycles. The van der Waals surface area contributed by atoms with Crippen LogP contribution in [0.3, 0.4) is 0 Å². The quantitative estimate of drug-likeness (QED) is 0.770. The molecule has 0 spiro atoms. The Morgan fingerprint density at radius 3 is 2.76 bits per heavy atom. The lowest BCUT2D eigenvalue weighted by atomic mass is 10.1. The van der Waals surface area contributed by atoms with E-state index < -0.39 is 10.0 Å². The SMILES string of the molecule is C=NCc1ccccc1N1CCCCS1(=O)=O. The highest BCUT2D eigenvalue weighted by molar-refractivity contribution is 7.92. The van der Waals surface area contributed by atoms with Gasteiger partial charge in [0, 0.05) is 6.54 Å². The standard InChI is InChI=1S/C12H16N2O2S/c1-13-10-11-6-2-3-7-12(11)14-8-4-5-9-17(14,15)16/h2-3,6-7H,1,4-5,8-10H2. The Morgan fingerprint density at radius 2 is 2.06 bits per heavy atom. The van der Waals surface area contributed by atoms with Crippen molar-refractivity contribution in [2.75, 3.05) is 16.6 Å². The summed E-state index contributed by atoms with van der Waals surface area (Å²) in [6.07, 6.45) is 1.66. The summed E-state index contributed by atoms with van der Waals surface area (Å²) in [5.74, 6) is 0.239. The van der Waals surface area contributed by atoms with E-state index in [4.69, 9.17) is 0 Å². The van der Waals surface area contributed by atoms with Gasteiger partial charge in [-0.25, -0.2) is 8.42 Å². The van der Waals surface area contributed by atoms with E-state index in [0.717, 1.165) is 24.1 Å². The van der Waals surface area contributed by atoms with Crippen molar-refractivity contribution in [1.29, 1.82) is 0 Å². The number of nitrogens with zero attached hydrogens (tertiary/aromatic N) is 2. The molecule has 1 heterocycles. The highest BCUT2D eigenvalue weighted by Gasteiger charge is 2.27. The third kappa shape index (κ3) is 2.49. The molecule has 0 aliphatic carbocycles. The number of benzene rings is 1. The van der Waals surface area contributed by atoms with E-state index in [1.165, 1.54) is 4.31 Å². The Bertz CT molecular complexity index is 511. The van der Waals surface area contributed by atoms with E-state index in [0.29, 0.717) is 13.1 Å². The molecule has 1 saturated heterocycles. The molecule has 0 radical (unpaired) electrons. The van der Waals surface area contributed by atoms with Crippen molar-refractivity contribution >= 4 is 22.4 Å². The molecule has 1 aromatic rings. The molecule has 92 valence electrons. The van der Waals surface area contributed by atoms with Gasteiger partial charge in [0.2, 0.25) is 10.0 Å². The Hall–Kier alpha value is -1.36. The number of hydrogen-bond acceptors (Lipinski definition) is 3. The molecule has 0 saturated carbocycles. The Morgan fingerprint density at radius 1 is 1.29 bits per heavy atom. The monoisotopic (exact) mass is 252 g/mol. The zero-order valence-electron chi connectivity index (χ0n) is 9.67. The molecule has 0 atom stereocenters. The number of para-hydroxylation sites is 1. The van der Waals surface area contributed by atoms with Gasteiger partial charge in [-0.15, -0.1) is 0 Å². The highest BCUT2D eigenvalue weighted by Crippen LogP contribution is 2.27. The summed E-state index contributed by atoms with van der Waals surface area (Å²) in [5.41, 5.74) is 1.66. The topological polar surface area (TPSA) is 49.7 Å². The lowest BCUT2D eigenvalue weighted by molar-refractivity contribution is 0.574. The molecular formula is C12H16N2O2S. The van der Waals surface area contributed by atoms with Crippen LogP contribution in [-0.4, -0.2) is 27.4 Å². The molecular weight excluding hydrogens is 236 g/mol. The Balaban J connectivity index is 2.41. The van der Waals surface area contributed by atoms with E-state index in [1.54, 1.807) is 0 Å². The first-order valence-corrected chi connectivity index (χ1v) is 7.27. The van der Waals surface area contributed by atoms with Gasteiger partial charge in [0.05, 0.1) is 18.0 Å². The number of hydrogen-bond donors (Lipinski definition) is 0. The molecule has 2 rings (SSSR count). The van der Waals surface area contributed by atoms with Crippen molar-refractivity contribution in [1.82, 2.24) is 0 Å². The predicted molar refractivity (Wildman–Crippen MR) is 70.1 cm³/mol. The zero-order valence-corrected chi connectivity index (χ0v) is 10.5. The van der Waals surface area contributed by atoms with Gasteiger partial charge in [0.25, 0.3) is 0 Å². The highest BCUT2D eigenvalue weighted by atomic mass is 32.2. The van der Waals surface area contributed by atoms with E-state index in [1.807, 2.05) is 24.3 Å². The summed E-state index contributed by atoms with van der Waals surface area (Å²) in [4.78, 5) is 3.84. The van der Waals surface area contributed by atoms with Crippen molar-refractivity contribution in [3.05, 3.63) is 29.8 Å². The van der Waals surface area contributed by atoms with Gasteiger partial charge in [-0.3, -0.25) is 9.30 Å². The van der Waals surface area contributed by atoms with Crippen LogP contribution in [0, 0.1) is 0 Å². The van der Waals surface area contributed by atoms with Crippen molar-refractivity contribution in [2.24, 2.45) is 4.99 Å². The van der Waals surface area contributed by atoms with Crippen LogP contribution >= 0.6 is 0 Å². The number of sulfonamides is 1. The summed E-state index contributed by atoms with van der Waals surface area (Å²) in [6.45, 7) is 4.47. The minimum atomic E-state index is -3.15. The summed E-state index contributed by atoms with van der Waals surface area (Å²) in [7, 11) is -3.15. The smallest absolute Gasteiger partial charge is 0.235 e. The first-order chi connectivity index (χ1) is 8.15. The van der Waals surface area contributed by atoms with Crippen molar-refractivity contribution in [3.63, 3.8) is 0 Å². The fourth-order valence-electron chi connectivity index (χ4n) is 2.07. The maximum atomic E-state index is 12.0. The van der Waals surface area contributed by atoms with Gasteiger partial charge in [-0.2, -0.15) is 0 Å². The average molecular weight is 252 g/mol. The molecule has 0 bridgehead atoms. The first-order valence-electron chi connectivity index (χ1n) is 5.66. The van der Waals surface area contributed by atoms with E-state index in [-0.39, 0.29) is 5.75 Å². The molecule has 1 aliphatic rings. The number of anilines is 1. The molecule has 1 fully saturated rings. The molecule has 1 aromatic carbocycles. The lowest BCUT2D eigenvalue weighted by Gasteiger charge is -2.29. The largest absolute Gasteiger partial charge is 0.296 e. The molecule has 0 amide bonds. The third-order valence-corrected chi connectivity index (χ3v) is 4.75. The van der Waals surface area contributed by atoms with Crippen LogP contribution in [0.1, 0.15) is 18.4 Å². The minimum Gasteiger partial charge on any atom is -0.296 e. The molecule has 5 heteroatoms. The van der Waals surface area contributed by atoms with Crippen LogP contribution in [0.2, 0.25) is 0 Å². The molecule has 0 unspecified atom stereocenters.